The molecule has 50 heavy (non-hydrogen) atoms. The quantitative estimate of drug-likeness (QED) is 0.186. The monoisotopic (exact) mass is 697 g/mol. The van der Waals surface area contributed by atoms with E-state index in [9.17, 15) is 14.4 Å². The second kappa shape index (κ2) is 16.0. The third kappa shape index (κ3) is 7.71. The molecule has 0 saturated heterocycles. The van der Waals surface area contributed by atoms with E-state index in [1.165, 1.54) is 30.1 Å². The van der Waals surface area contributed by atoms with Crippen molar-refractivity contribution in [3.05, 3.63) is 114 Å². The number of esters is 2. The zero-order valence-electron chi connectivity index (χ0n) is 28.2. The molecule has 12 nitrogen and oxygen atoms in total. The number of fused-ring (bicyclic) bond motifs is 1. The van der Waals surface area contributed by atoms with Crippen LogP contribution in [0.25, 0.3) is 6.08 Å². The number of hydrogen-bond acceptors (Lipinski definition) is 12. The maximum absolute atomic E-state index is 14.2. The van der Waals surface area contributed by atoms with Gasteiger partial charge in [0.15, 0.2) is 34.4 Å². The number of thiazole rings is 1. The summed E-state index contributed by atoms with van der Waals surface area (Å²) in [4.78, 5) is 44.3. The molecular formula is C37H35N3O9S. The van der Waals surface area contributed by atoms with Gasteiger partial charge < -0.3 is 28.4 Å². The highest BCUT2D eigenvalue weighted by Crippen LogP contribution is 2.36. The van der Waals surface area contributed by atoms with Crippen molar-refractivity contribution in [3.63, 3.8) is 0 Å². The van der Waals surface area contributed by atoms with Gasteiger partial charge >= 0.3 is 11.9 Å². The van der Waals surface area contributed by atoms with Gasteiger partial charge in [-0.15, -0.1) is 0 Å². The molecular weight excluding hydrogens is 662 g/mol. The van der Waals surface area contributed by atoms with Crippen LogP contribution >= 0.6 is 11.3 Å². The Bertz CT molecular complexity index is 2160. The Hall–Kier alpha value is -5.87. The van der Waals surface area contributed by atoms with Gasteiger partial charge in [-0.05, 0) is 79.9 Å². The van der Waals surface area contributed by atoms with E-state index in [2.05, 4.69) is 15.8 Å². The van der Waals surface area contributed by atoms with Gasteiger partial charge in [0.25, 0.3) is 5.56 Å². The van der Waals surface area contributed by atoms with E-state index in [1.807, 2.05) is 18.2 Å². The van der Waals surface area contributed by atoms with Crippen LogP contribution in [0.4, 0.5) is 0 Å². The molecule has 0 saturated carbocycles. The minimum atomic E-state index is -0.895. The highest BCUT2D eigenvalue weighted by Gasteiger charge is 2.34. The van der Waals surface area contributed by atoms with Crippen molar-refractivity contribution >= 4 is 29.4 Å². The number of methoxy groups -OCH3 is 2. The fourth-order valence-corrected chi connectivity index (χ4v) is 6.31. The van der Waals surface area contributed by atoms with E-state index in [-0.39, 0.29) is 31.0 Å². The van der Waals surface area contributed by atoms with Crippen LogP contribution in [-0.4, -0.2) is 50.5 Å². The Morgan fingerprint density at radius 1 is 0.940 bits per heavy atom. The van der Waals surface area contributed by atoms with E-state index in [1.54, 1.807) is 69.3 Å². The van der Waals surface area contributed by atoms with E-state index in [4.69, 9.17) is 28.9 Å². The molecule has 13 heteroatoms. The smallest absolute Gasteiger partial charge is 0.343 e. The summed E-state index contributed by atoms with van der Waals surface area (Å²) in [5.74, 6) is 0.436. The van der Waals surface area contributed by atoms with Crippen LogP contribution < -0.4 is 33.8 Å². The summed E-state index contributed by atoms with van der Waals surface area (Å²) < 4.78 is 35.0. The molecule has 1 atom stereocenters. The Kier molecular flexibility index (Phi) is 11.4. The molecule has 0 aliphatic carbocycles. The van der Waals surface area contributed by atoms with Gasteiger partial charge in [-0.3, -0.25) is 9.36 Å². The maximum Gasteiger partial charge on any atom is 0.343 e. The Balaban J connectivity index is 1.54. The van der Waals surface area contributed by atoms with Crippen LogP contribution in [0.2, 0.25) is 0 Å². The van der Waals surface area contributed by atoms with Crippen LogP contribution in [0.5, 0.6) is 23.0 Å². The predicted octanol–water partition coefficient (Wildman–Crippen LogP) is 4.21. The lowest BCUT2D eigenvalue weighted by molar-refractivity contribution is -0.143. The number of ether oxygens (including phenoxy) is 6. The van der Waals surface area contributed by atoms with Gasteiger partial charge in [0, 0.05) is 0 Å². The molecule has 0 fully saturated rings. The number of benzene rings is 3. The Morgan fingerprint density at radius 3 is 2.36 bits per heavy atom. The highest BCUT2D eigenvalue weighted by molar-refractivity contribution is 7.07. The Labute approximate surface area is 292 Å². The minimum absolute atomic E-state index is 0.131. The van der Waals surface area contributed by atoms with Crippen molar-refractivity contribution in [1.29, 1.82) is 5.26 Å². The van der Waals surface area contributed by atoms with E-state index in [0.717, 1.165) is 5.56 Å². The van der Waals surface area contributed by atoms with Gasteiger partial charge in [-0.25, -0.2) is 14.6 Å². The van der Waals surface area contributed by atoms with Crippen LogP contribution in [-0.2, 0) is 25.7 Å². The number of aromatic nitrogens is 1. The average molecular weight is 698 g/mol. The predicted molar refractivity (Wildman–Crippen MR) is 184 cm³/mol. The number of hydrogen-bond donors (Lipinski definition) is 0. The van der Waals surface area contributed by atoms with Crippen molar-refractivity contribution in [2.75, 3.05) is 34.0 Å². The molecule has 1 aliphatic rings. The fourth-order valence-electron chi connectivity index (χ4n) is 5.27. The lowest BCUT2D eigenvalue weighted by Crippen LogP contribution is -2.40. The molecule has 0 N–H and O–H groups in total. The molecule has 258 valence electrons. The minimum Gasteiger partial charge on any atom is -0.493 e. The van der Waals surface area contributed by atoms with Crippen molar-refractivity contribution in [2.24, 2.45) is 4.99 Å². The number of allylic oxidation sites excluding steroid dienone is 1. The lowest BCUT2D eigenvalue weighted by atomic mass is 9.95. The zero-order chi connectivity index (χ0) is 35.8. The number of carbonyl (C=O) groups excluding carboxylic acids is 2. The van der Waals surface area contributed by atoms with Crippen molar-refractivity contribution in [3.8, 4) is 29.1 Å². The van der Waals surface area contributed by atoms with Gasteiger partial charge in [-0.2, -0.15) is 5.26 Å². The Morgan fingerprint density at radius 2 is 1.68 bits per heavy atom. The SMILES string of the molecule is CCOC(=O)C1=C(C)N=c2s/c(=C/c3ccc(OCc4ccc(C#N)cc4)c(OC)c3)c(=O)n2[C@H]1c1ccc(OCC(=O)OC)c(OCC)c1. The molecule has 5 rings (SSSR count). The molecule has 2 heterocycles. The fraction of sp³-hybridized carbons (Fsp3) is 0.270. The summed E-state index contributed by atoms with van der Waals surface area (Å²) >= 11 is 1.19. The zero-order valence-corrected chi connectivity index (χ0v) is 29.0. The van der Waals surface area contributed by atoms with Crippen LogP contribution in [0.1, 0.15) is 49.1 Å². The van der Waals surface area contributed by atoms with Crippen molar-refractivity contribution in [2.45, 2.75) is 33.4 Å². The third-order valence-corrected chi connectivity index (χ3v) is 8.62. The molecule has 3 aromatic carbocycles. The second-order valence-electron chi connectivity index (χ2n) is 10.8. The van der Waals surface area contributed by atoms with E-state index in [0.29, 0.717) is 61.3 Å². The molecule has 1 aliphatic heterocycles. The van der Waals surface area contributed by atoms with E-state index >= 15 is 0 Å². The highest BCUT2D eigenvalue weighted by atomic mass is 32.1. The summed E-state index contributed by atoms with van der Waals surface area (Å²) in [5.41, 5.74) is 2.94. The standard InChI is InChI=1S/C37H35N3O9S/c1-6-46-30-18-26(13-15-28(30)49-21-32(41)45-5)34-33(36(43)47-7-2)22(3)39-37-40(34)35(42)31(50-37)17-25-12-14-27(29(16-25)44-4)48-20-24-10-8-23(19-38)9-11-24/h8-18,34H,6-7,20-21H2,1-5H3/b31-17+/t34-/m0/s1. The number of nitriles is 1. The summed E-state index contributed by atoms with van der Waals surface area (Å²) in [6.07, 6.45) is 1.73. The van der Waals surface area contributed by atoms with Crippen molar-refractivity contribution in [1.82, 2.24) is 4.57 Å². The first kappa shape index (κ1) is 35.4. The molecule has 0 amide bonds. The summed E-state index contributed by atoms with van der Waals surface area (Å²) in [7, 11) is 2.80. The largest absolute Gasteiger partial charge is 0.493 e. The topological polar surface area (TPSA) is 148 Å². The van der Waals surface area contributed by atoms with Gasteiger partial charge in [-0.1, -0.05) is 35.6 Å². The normalized spacial score (nSPS) is 13.8. The van der Waals surface area contributed by atoms with Crippen LogP contribution in [0, 0.1) is 11.3 Å². The summed E-state index contributed by atoms with van der Waals surface area (Å²) in [5, 5.41) is 9.04. The van der Waals surface area contributed by atoms with Gasteiger partial charge in [0.1, 0.15) is 6.61 Å². The lowest BCUT2D eigenvalue weighted by Gasteiger charge is -2.25. The number of carbonyl (C=O) groups is 2. The van der Waals surface area contributed by atoms with Gasteiger partial charge in [0.2, 0.25) is 0 Å². The summed E-state index contributed by atoms with van der Waals surface area (Å²) in [6, 6.07) is 18.6. The maximum atomic E-state index is 14.2. The molecule has 0 spiro atoms. The molecule has 0 bridgehead atoms. The number of nitrogens with zero attached hydrogens (tertiary/aromatic N) is 3. The third-order valence-electron chi connectivity index (χ3n) is 7.64. The first-order valence-electron chi connectivity index (χ1n) is 15.7. The number of rotatable bonds is 13. The molecule has 0 radical (unpaired) electrons. The summed E-state index contributed by atoms with van der Waals surface area (Å²) in [6.45, 7) is 5.58. The van der Waals surface area contributed by atoms with Gasteiger partial charge in [0.05, 0.1) is 60.9 Å². The average Bonchev–Trinajstić information content (AvgIpc) is 3.43. The molecule has 1 aromatic heterocycles. The van der Waals surface area contributed by atoms with E-state index < -0.39 is 18.0 Å². The molecule has 0 unspecified atom stereocenters. The van der Waals surface area contributed by atoms with Crippen LogP contribution in [0.3, 0.4) is 0 Å². The first-order chi connectivity index (χ1) is 24.2. The van der Waals surface area contributed by atoms with Crippen LogP contribution in [0.15, 0.2) is 81.7 Å². The van der Waals surface area contributed by atoms with Crippen molar-refractivity contribution < 1.29 is 38.0 Å². The first-order valence-corrected chi connectivity index (χ1v) is 16.5. The molecule has 4 aromatic rings. The second-order valence-corrected chi connectivity index (χ2v) is 11.8.